The Bertz CT molecular complexity index is 359. The molecule has 1 N–H and O–H groups in total. The van der Waals surface area contributed by atoms with E-state index in [9.17, 15) is 0 Å². The molecule has 0 spiro atoms. The summed E-state index contributed by atoms with van der Waals surface area (Å²) in [7, 11) is 1.71. The van der Waals surface area contributed by atoms with Gasteiger partial charge in [0.1, 0.15) is 5.75 Å². The third-order valence-electron chi connectivity index (χ3n) is 3.85. The van der Waals surface area contributed by atoms with Crippen molar-refractivity contribution in [3.8, 4) is 5.75 Å². The van der Waals surface area contributed by atoms with E-state index in [1.165, 1.54) is 5.56 Å². The molecule has 1 aromatic rings. The van der Waals surface area contributed by atoms with E-state index >= 15 is 0 Å². The molecule has 1 aromatic carbocycles. The lowest BCUT2D eigenvalue weighted by molar-refractivity contribution is 0.109. The Hall–Kier alpha value is -1.06. The lowest BCUT2D eigenvalue weighted by atomic mass is 10.0. The molecule has 0 amide bonds. The Labute approximate surface area is 110 Å². The molecule has 1 fully saturated rings. The van der Waals surface area contributed by atoms with Crippen molar-refractivity contribution in [2.75, 3.05) is 26.7 Å². The van der Waals surface area contributed by atoms with E-state index in [0.29, 0.717) is 6.04 Å². The molecule has 3 nitrogen and oxygen atoms in total. The topological polar surface area (TPSA) is 24.5 Å². The summed E-state index contributed by atoms with van der Waals surface area (Å²) < 4.78 is 5.19. The molecule has 1 saturated heterocycles. The molecule has 18 heavy (non-hydrogen) atoms. The van der Waals surface area contributed by atoms with Crippen LogP contribution in [0.4, 0.5) is 0 Å². The highest BCUT2D eigenvalue weighted by Gasteiger charge is 2.26. The van der Waals surface area contributed by atoms with Gasteiger partial charge in [-0.25, -0.2) is 0 Å². The van der Waals surface area contributed by atoms with Gasteiger partial charge in [0.15, 0.2) is 0 Å². The van der Waals surface area contributed by atoms with Gasteiger partial charge in [0.05, 0.1) is 7.11 Å². The summed E-state index contributed by atoms with van der Waals surface area (Å²) >= 11 is 0. The zero-order chi connectivity index (χ0) is 13.0. The van der Waals surface area contributed by atoms with Gasteiger partial charge in [0.2, 0.25) is 0 Å². The Morgan fingerprint density at radius 3 is 2.44 bits per heavy atom. The number of benzene rings is 1. The van der Waals surface area contributed by atoms with Gasteiger partial charge in [0, 0.05) is 25.2 Å². The highest BCUT2D eigenvalue weighted by atomic mass is 16.5. The maximum Gasteiger partial charge on any atom is 0.118 e. The minimum absolute atomic E-state index is 0.593. The van der Waals surface area contributed by atoms with Crippen LogP contribution >= 0.6 is 0 Å². The second-order valence-corrected chi connectivity index (χ2v) is 5.04. The third kappa shape index (κ3) is 3.03. The van der Waals surface area contributed by atoms with Crippen molar-refractivity contribution in [2.24, 2.45) is 0 Å². The summed E-state index contributed by atoms with van der Waals surface area (Å²) in [5.41, 5.74) is 1.38. The van der Waals surface area contributed by atoms with Crippen LogP contribution < -0.4 is 10.1 Å². The first-order chi connectivity index (χ1) is 8.74. The summed E-state index contributed by atoms with van der Waals surface area (Å²) in [6, 6.07) is 9.75. The lowest BCUT2D eigenvalue weighted by Gasteiger charge is -2.41. The van der Waals surface area contributed by atoms with Crippen molar-refractivity contribution in [1.82, 2.24) is 10.2 Å². The summed E-state index contributed by atoms with van der Waals surface area (Å²) in [6.45, 7) is 7.99. The van der Waals surface area contributed by atoms with Crippen LogP contribution in [0.25, 0.3) is 0 Å². The van der Waals surface area contributed by atoms with E-state index in [1.54, 1.807) is 7.11 Å². The predicted molar refractivity (Wildman–Crippen MR) is 75.2 cm³/mol. The number of hydrogen-bond acceptors (Lipinski definition) is 3. The maximum atomic E-state index is 5.19. The third-order valence-corrected chi connectivity index (χ3v) is 3.85. The normalized spacial score (nSPS) is 17.6. The average molecular weight is 248 g/mol. The Kier molecular flexibility index (Phi) is 4.61. The fourth-order valence-electron chi connectivity index (χ4n) is 2.66. The highest BCUT2D eigenvalue weighted by Crippen LogP contribution is 2.16. The predicted octanol–water partition coefficient (Wildman–Crippen LogP) is 1.92. The van der Waals surface area contributed by atoms with Crippen molar-refractivity contribution in [3.63, 3.8) is 0 Å². The van der Waals surface area contributed by atoms with Crippen LogP contribution in [0.3, 0.4) is 0 Å². The van der Waals surface area contributed by atoms with Gasteiger partial charge in [-0.3, -0.25) is 4.90 Å². The molecule has 0 aliphatic carbocycles. The van der Waals surface area contributed by atoms with Gasteiger partial charge in [0.25, 0.3) is 0 Å². The van der Waals surface area contributed by atoms with Crippen molar-refractivity contribution in [1.29, 1.82) is 0 Å². The number of methoxy groups -OCH3 is 1. The van der Waals surface area contributed by atoms with E-state index in [4.69, 9.17) is 4.74 Å². The summed E-state index contributed by atoms with van der Waals surface area (Å²) in [5, 5.41) is 3.35. The van der Waals surface area contributed by atoms with E-state index in [0.717, 1.165) is 37.8 Å². The first kappa shape index (κ1) is 13.4. The average Bonchev–Trinajstić information content (AvgIpc) is 2.34. The molecular weight excluding hydrogens is 224 g/mol. The number of nitrogens with one attached hydrogen (secondary N) is 1. The van der Waals surface area contributed by atoms with E-state index in [1.807, 2.05) is 12.1 Å². The van der Waals surface area contributed by atoms with Crippen molar-refractivity contribution < 1.29 is 4.74 Å². The summed E-state index contributed by atoms with van der Waals surface area (Å²) in [6.07, 6.45) is 1.11. The highest BCUT2D eigenvalue weighted by molar-refractivity contribution is 5.27. The minimum Gasteiger partial charge on any atom is -0.497 e. The van der Waals surface area contributed by atoms with Crippen LogP contribution in [-0.2, 0) is 6.42 Å². The van der Waals surface area contributed by atoms with Crippen molar-refractivity contribution in [3.05, 3.63) is 29.8 Å². The quantitative estimate of drug-likeness (QED) is 0.832. The molecule has 0 saturated carbocycles. The first-order valence-corrected chi connectivity index (χ1v) is 6.84. The van der Waals surface area contributed by atoms with Gasteiger partial charge < -0.3 is 10.1 Å². The maximum absolute atomic E-state index is 5.19. The van der Waals surface area contributed by atoms with Gasteiger partial charge in [-0.15, -0.1) is 0 Å². The van der Waals surface area contributed by atoms with Crippen LogP contribution in [-0.4, -0.2) is 43.7 Å². The molecule has 2 rings (SSSR count). The fraction of sp³-hybridized carbons (Fsp3) is 0.600. The molecule has 1 atom stereocenters. The van der Waals surface area contributed by atoms with Gasteiger partial charge in [-0.05, 0) is 37.6 Å². The van der Waals surface area contributed by atoms with Gasteiger partial charge >= 0.3 is 0 Å². The van der Waals surface area contributed by atoms with Gasteiger partial charge in [-0.2, -0.15) is 0 Å². The Balaban J connectivity index is 1.93. The molecule has 1 aliphatic rings. The van der Waals surface area contributed by atoms with Crippen LogP contribution in [0.5, 0.6) is 5.75 Å². The number of likely N-dealkylation sites (N-methyl/N-ethyl adjacent to an activating group) is 1. The molecule has 100 valence electrons. The van der Waals surface area contributed by atoms with E-state index in [-0.39, 0.29) is 0 Å². The molecule has 1 heterocycles. The number of rotatable bonds is 6. The zero-order valence-electron chi connectivity index (χ0n) is 11.6. The van der Waals surface area contributed by atoms with Crippen LogP contribution in [0.2, 0.25) is 0 Å². The monoisotopic (exact) mass is 248 g/mol. The standard InChI is InChI=1S/C15H24N2O/c1-4-17(14-10-16-11-14)12(2)9-13-5-7-15(18-3)8-6-13/h5-8,12,14,16H,4,9-11H2,1-3H3. The fourth-order valence-corrected chi connectivity index (χ4v) is 2.66. The SMILES string of the molecule is CCN(C(C)Cc1ccc(OC)cc1)C1CNC1. The molecular formula is C15H24N2O. The van der Waals surface area contributed by atoms with Crippen LogP contribution in [0.1, 0.15) is 19.4 Å². The van der Waals surface area contributed by atoms with Crippen molar-refractivity contribution >= 4 is 0 Å². The van der Waals surface area contributed by atoms with Crippen LogP contribution in [0, 0.1) is 0 Å². The Morgan fingerprint density at radius 1 is 1.33 bits per heavy atom. The van der Waals surface area contributed by atoms with Gasteiger partial charge in [-0.1, -0.05) is 19.1 Å². The second kappa shape index (κ2) is 6.21. The van der Waals surface area contributed by atoms with Crippen molar-refractivity contribution in [2.45, 2.75) is 32.4 Å². The largest absolute Gasteiger partial charge is 0.497 e. The zero-order valence-corrected chi connectivity index (χ0v) is 11.6. The lowest BCUT2D eigenvalue weighted by Crippen LogP contribution is -2.59. The molecule has 1 aliphatic heterocycles. The smallest absolute Gasteiger partial charge is 0.118 e. The molecule has 0 radical (unpaired) electrons. The summed E-state index contributed by atoms with van der Waals surface area (Å²) in [4.78, 5) is 2.60. The number of ether oxygens (including phenoxy) is 1. The second-order valence-electron chi connectivity index (χ2n) is 5.04. The molecule has 0 aromatic heterocycles. The van der Waals surface area contributed by atoms with Crippen LogP contribution in [0.15, 0.2) is 24.3 Å². The molecule has 1 unspecified atom stereocenters. The molecule has 3 heteroatoms. The number of hydrogen-bond donors (Lipinski definition) is 1. The Morgan fingerprint density at radius 2 is 2.00 bits per heavy atom. The van der Waals surface area contributed by atoms with E-state index < -0.39 is 0 Å². The minimum atomic E-state index is 0.593. The first-order valence-electron chi connectivity index (χ1n) is 6.84. The number of nitrogens with zero attached hydrogens (tertiary/aromatic N) is 1. The summed E-state index contributed by atoms with van der Waals surface area (Å²) in [5.74, 6) is 0.932. The molecule has 0 bridgehead atoms. The van der Waals surface area contributed by atoms with E-state index in [2.05, 4.69) is 36.2 Å².